The molecule has 5 rings (SSSR count). The lowest BCUT2D eigenvalue weighted by atomic mass is 9.92. The van der Waals surface area contributed by atoms with E-state index in [1.54, 1.807) is 20.8 Å². The van der Waals surface area contributed by atoms with Gasteiger partial charge in [0.15, 0.2) is 0 Å². The number of pyridine rings is 1. The molecule has 0 aliphatic carbocycles. The van der Waals surface area contributed by atoms with Gasteiger partial charge in [0.05, 0.1) is 17.6 Å². The van der Waals surface area contributed by atoms with Gasteiger partial charge in [-0.25, -0.2) is 28.2 Å². The zero-order valence-electron chi connectivity index (χ0n) is 28.2. The number of aromatic nitrogens is 3. The number of hydrogen-bond acceptors (Lipinski definition) is 12. The van der Waals surface area contributed by atoms with E-state index in [1.165, 1.54) is 43.3 Å². The number of benzene rings is 1. The predicted octanol–water partition coefficient (Wildman–Crippen LogP) is 4.06. The molecule has 2 aromatic heterocycles. The number of hydrogen-bond donors (Lipinski definition) is 3. The molecular formula is C34H45N7O6S. The molecule has 0 radical (unpaired) electrons. The van der Waals surface area contributed by atoms with E-state index >= 15 is 0 Å². The van der Waals surface area contributed by atoms with Crippen LogP contribution in [0.25, 0.3) is 0 Å². The first kappa shape index (κ1) is 35.0. The third kappa shape index (κ3) is 8.21. The van der Waals surface area contributed by atoms with Crippen molar-refractivity contribution in [2.24, 2.45) is 0 Å². The minimum atomic E-state index is -4.37. The summed E-state index contributed by atoms with van der Waals surface area (Å²) in [5.74, 6) is 1.07. The molecule has 3 aromatic rings. The Bertz CT molecular complexity index is 1740. The maximum Gasteiger partial charge on any atom is 0.339 e. The maximum absolute atomic E-state index is 13.6. The molecule has 48 heavy (non-hydrogen) atoms. The quantitative estimate of drug-likeness (QED) is 0.249. The van der Waals surface area contributed by atoms with Gasteiger partial charge in [-0.3, -0.25) is 4.79 Å². The van der Waals surface area contributed by atoms with E-state index in [9.17, 15) is 18.0 Å². The molecule has 258 valence electrons. The molecule has 3 N–H and O–H groups in total. The minimum absolute atomic E-state index is 0.153. The lowest BCUT2D eigenvalue weighted by molar-refractivity contribution is -0.156. The van der Waals surface area contributed by atoms with Crippen LogP contribution in [0.1, 0.15) is 80.1 Å². The third-order valence-corrected chi connectivity index (χ3v) is 9.98. The van der Waals surface area contributed by atoms with Crippen molar-refractivity contribution in [1.82, 2.24) is 19.7 Å². The van der Waals surface area contributed by atoms with Crippen molar-refractivity contribution in [3.63, 3.8) is 0 Å². The summed E-state index contributed by atoms with van der Waals surface area (Å²) >= 11 is 0. The van der Waals surface area contributed by atoms with Gasteiger partial charge in [-0.1, -0.05) is 25.1 Å². The van der Waals surface area contributed by atoms with Gasteiger partial charge in [-0.2, -0.15) is 4.72 Å². The zero-order valence-corrected chi connectivity index (χ0v) is 29.0. The number of nitrogens with zero attached hydrogens (tertiary/aromatic N) is 4. The minimum Gasteiger partial charge on any atom is -0.465 e. The summed E-state index contributed by atoms with van der Waals surface area (Å²) in [6, 6.07) is 8.67. The van der Waals surface area contributed by atoms with E-state index in [0.29, 0.717) is 18.2 Å². The number of piperidine rings is 1. The Balaban J connectivity index is 1.32. The number of fused-ring (bicyclic) bond motifs is 1. The van der Waals surface area contributed by atoms with E-state index in [2.05, 4.69) is 42.4 Å². The number of nitrogens with one attached hydrogen (secondary N) is 3. The summed E-state index contributed by atoms with van der Waals surface area (Å²) in [5, 5.41) is 6.62. The molecule has 2 aliphatic heterocycles. The predicted molar refractivity (Wildman–Crippen MR) is 183 cm³/mol. The lowest BCUT2D eigenvalue weighted by Gasteiger charge is -2.34. The monoisotopic (exact) mass is 679 g/mol. The van der Waals surface area contributed by atoms with Crippen LogP contribution in [0.15, 0.2) is 47.6 Å². The summed E-state index contributed by atoms with van der Waals surface area (Å²) in [7, 11) is -3.20. The van der Waals surface area contributed by atoms with Crippen molar-refractivity contribution in [3.8, 4) is 0 Å². The molecule has 0 unspecified atom stereocenters. The number of sulfonamides is 1. The highest BCUT2D eigenvalue weighted by Crippen LogP contribution is 2.33. The Morgan fingerprint density at radius 3 is 2.56 bits per heavy atom. The van der Waals surface area contributed by atoms with Gasteiger partial charge in [0, 0.05) is 43.4 Å². The summed E-state index contributed by atoms with van der Waals surface area (Å²) < 4.78 is 39.9. The van der Waals surface area contributed by atoms with Gasteiger partial charge < -0.3 is 25.0 Å². The lowest BCUT2D eigenvalue weighted by Crippen LogP contribution is -2.48. The zero-order chi connectivity index (χ0) is 34.5. The highest BCUT2D eigenvalue weighted by molar-refractivity contribution is 7.89. The molecular weight excluding hydrogens is 634 g/mol. The molecule has 1 saturated heterocycles. The molecule has 4 heterocycles. The van der Waals surface area contributed by atoms with E-state index in [-0.39, 0.29) is 17.0 Å². The van der Waals surface area contributed by atoms with Crippen molar-refractivity contribution < 1.29 is 27.5 Å². The van der Waals surface area contributed by atoms with Crippen LogP contribution < -0.4 is 20.3 Å². The molecule has 14 heteroatoms. The van der Waals surface area contributed by atoms with Crippen molar-refractivity contribution in [1.29, 1.82) is 0 Å². The fourth-order valence-corrected chi connectivity index (χ4v) is 7.47. The second-order valence-electron chi connectivity index (χ2n) is 13.0. The molecule has 2 aliphatic rings. The van der Waals surface area contributed by atoms with Crippen molar-refractivity contribution in [2.45, 2.75) is 82.3 Å². The highest BCUT2D eigenvalue weighted by atomic mass is 32.2. The summed E-state index contributed by atoms with van der Waals surface area (Å²) in [6.07, 6.45) is 6.12. The van der Waals surface area contributed by atoms with Crippen LogP contribution in [0.2, 0.25) is 0 Å². The Morgan fingerprint density at radius 2 is 1.85 bits per heavy atom. The Morgan fingerprint density at radius 1 is 1.10 bits per heavy atom. The Labute approximate surface area is 282 Å². The Hall–Kier alpha value is -4.30. The molecule has 0 saturated carbocycles. The second kappa shape index (κ2) is 14.9. The average molecular weight is 680 g/mol. The first-order chi connectivity index (χ1) is 22.9. The average Bonchev–Trinajstić information content (AvgIpc) is 3.08. The number of methoxy groups -OCH3 is 1. The van der Waals surface area contributed by atoms with E-state index < -0.39 is 33.6 Å². The van der Waals surface area contributed by atoms with E-state index in [0.717, 1.165) is 68.2 Å². The first-order valence-electron chi connectivity index (χ1n) is 16.4. The fraction of sp³-hybridized carbons (Fsp3) is 0.500. The smallest absolute Gasteiger partial charge is 0.339 e. The molecule has 0 bridgehead atoms. The van der Waals surface area contributed by atoms with E-state index in [4.69, 9.17) is 14.5 Å². The highest BCUT2D eigenvalue weighted by Gasteiger charge is 2.33. The van der Waals surface area contributed by atoms with Gasteiger partial charge in [-0.15, -0.1) is 0 Å². The van der Waals surface area contributed by atoms with Crippen LogP contribution in [0.4, 0.5) is 17.5 Å². The number of aryl methyl sites for hydroxylation is 1. The normalized spacial score (nSPS) is 16.0. The largest absolute Gasteiger partial charge is 0.465 e. The standard InChI is InChI=1S/C34H45N7O6S/c1-6-24-30(37-21-38-31(24)41-18-15-22(16-19-41)26-14-13-23-10-9-17-35-29(23)39-26)36-20-27(33(43)47-34(2,3)4)40-48(44,45)28-12-8-7-11-25(28)32(42)46-5/h7-8,11-14,21-22,27,40H,6,9-10,15-20H2,1-5H3,(H,35,39)(H,36,37,38)/t27-/m0/s1. The summed E-state index contributed by atoms with van der Waals surface area (Å²) in [4.78, 5) is 41.6. The number of esters is 2. The van der Waals surface area contributed by atoms with Crippen LogP contribution in [0.5, 0.6) is 0 Å². The second-order valence-corrected chi connectivity index (χ2v) is 14.7. The summed E-state index contributed by atoms with van der Waals surface area (Å²) in [6.45, 7) is 9.47. The molecule has 1 atom stereocenters. The molecule has 0 amide bonds. The van der Waals surface area contributed by atoms with Crippen LogP contribution in [-0.4, -0.2) is 80.2 Å². The van der Waals surface area contributed by atoms with Crippen molar-refractivity contribution in [2.75, 3.05) is 48.8 Å². The maximum atomic E-state index is 13.6. The number of anilines is 3. The Kier molecular flexibility index (Phi) is 10.8. The third-order valence-electron chi connectivity index (χ3n) is 8.45. The number of rotatable bonds is 11. The van der Waals surface area contributed by atoms with Gasteiger partial charge >= 0.3 is 11.9 Å². The van der Waals surface area contributed by atoms with Gasteiger partial charge in [0.25, 0.3) is 0 Å². The SMILES string of the molecule is CCc1c(NC[C@H](NS(=O)(=O)c2ccccc2C(=O)OC)C(=O)OC(C)(C)C)ncnc1N1CCC(c2ccc3c(n2)NCCC3)CC1. The molecule has 1 fully saturated rings. The van der Waals surface area contributed by atoms with Gasteiger partial charge in [0.2, 0.25) is 10.0 Å². The van der Waals surface area contributed by atoms with Crippen LogP contribution in [-0.2, 0) is 37.1 Å². The van der Waals surface area contributed by atoms with Crippen LogP contribution in [0, 0.1) is 0 Å². The van der Waals surface area contributed by atoms with Crippen molar-refractivity contribution >= 4 is 39.4 Å². The number of ether oxygens (including phenoxy) is 2. The fourth-order valence-electron chi connectivity index (χ4n) is 6.09. The van der Waals surface area contributed by atoms with Gasteiger partial charge in [-0.05, 0) is 76.6 Å². The number of carbonyl (C=O) groups is 2. The van der Waals surface area contributed by atoms with Crippen LogP contribution in [0.3, 0.4) is 0 Å². The topological polar surface area (TPSA) is 165 Å². The molecule has 13 nitrogen and oxygen atoms in total. The number of carbonyl (C=O) groups excluding carboxylic acids is 2. The molecule has 0 spiro atoms. The van der Waals surface area contributed by atoms with Gasteiger partial charge in [0.1, 0.15) is 35.4 Å². The van der Waals surface area contributed by atoms with E-state index in [1.807, 2.05) is 6.92 Å². The first-order valence-corrected chi connectivity index (χ1v) is 17.9. The van der Waals surface area contributed by atoms with Crippen LogP contribution >= 0.6 is 0 Å². The molecule has 1 aromatic carbocycles. The van der Waals surface area contributed by atoms with Crippen molar-refractivity contribution in [3.05, 3.63) is 65.1 Å². The summed E-state index contributed by atoms with van der Waals surface area (Å²) in [5.41, 5.74) is 2.23.